The van der Waals surface area contributed by atoms with Crippen LogP contribution in [0.3, 0.4) is 0 Å². The van der Waals surface area contributed by atoms with E-state index in [1.165, 1.54) is 11.1 Å². The fourth-order valence-corrected chi connectivity index (χ4v) is 2.32. The molecular weight excluding hydrogens is 278 g/mol. The van der Waals surface area contributed by atoms with E-state index in [4.69, 9.17) is 4.52 Å². The van der Waals surface area contributed by atoms with Crippen molar-refractivity contribution in [1.29, 1.82) is 0 Å². The van der Waals surface area contributed by atoms with Gasteiger partial charge in [0.15, 0.2) is 0 Å². The van der Waals surface area contributed by atoms with Crippen LogP contribution in [-0.4, -0.2) is 36.6 Å². The smallest absolute Gasteiger partial charge is 0.227 e. The Morgan fingerprint density at radius 2 is 1.95 bits per heavy atom. The minimum atomic E-state index is -0.0601. The van der Waals surface area contributed by atoms with Gasteiger partial charge in [-0.05, 0) is 33.5 Å². The van der Waals surface area contributed by atoms with Crippen molar-refractivity contribution < 1.29 is 9.32 Å². The van der Waals surface area contributed by atoms with Crippen LogP contribution in [0.1, 0.15) is 28.6 Å². The van der Waals surface area contributed by atoms with Gasteiger partial charge in [-0.1, -0.05) is 35.0 Å². The summed E-state index contributed by atoms with van der Waals surface area (Å²) in [5.41, 5.74) is 3.20. The maximum absolute atomic E-state index is 12.0. The Kier molecular flexibility index (Phi) is 5.33. The number of nitrogens with zero attached hydrogens (tertiary/aromatic N) is 2. The van der Waals surface area contributed by atoms with Gasteiger partial charge >= 0.3 is 0 Å². The van der Waals surface area contributed by atoms with Crippen LogP contribution in [0.15, 0.2) is 34.9 Å². The summed E-state index contributed by atoms with van der Waals surface area (Å²) in [5, 5.41) is 6.75. The number of amides is 1. The number of benzene rings is 1. The summed E-state index contributed by atoms with van der Waals surface area (Å²) in [6.07, 6.45) is 0.217. The molecule has 0 saturated heterocycles. The highest BCUT2D eigenvalue weighted by Crippen LogP contribution is 2.18. The van der Waals surface area contributed by atoms with Crippen LogP contribution in [0.4, 0.5) is 0 Å². The van der Waals surface area contributed by atoms with Gasteiger partial charge < -0.3 is 14.7 Å². The molecule has 22 heavy (non-hydrogen) atoms. The van der Waals surface area contributed by atoms with E-state index in [1.807, 2.05) is 21.0 Å². The first-order valence-corrected chi connectivity index (χ1v) is 7.37. The van der Waals surface area contributed by atoms with E-state index in [9.17, 15) is 4.79 Å². The number of aryl methyl sites for hydroxylation is 2. The van der Waals surface area contributed by atoms with Crippen LogP contribution in [-0.2, 0) is 11.2 Å². The highest BCUT2D eigenvalue weighted by molar-refractivity contribution is 5.77. The van der Waals surface area contributed by atoms with Gasteiger partial charge in [-0.3, -0.25) is 4.79 Å². The van der Waals surface area contributed by atoms with Gasteiger partial charge in [0.1, 0.15) is 5.76 Å². The van der Waals surface area contributed by atoms with Crippen LogP contribution in [0, 0.1) is 13.8 Å². The van der Waals surface area contributed by atoms with Crippen LogP contribution >= 0.6 is 0 Å². The Bertz CT molecular complexity index is 617. The number of carbonyl (C=O) groups excluding carboxylic acids is 1. The van der Waals surface area contributed by atoms with Gasteiger partial charge in [0.25, 0.3) is 0 Å². The predicted molar refractivity (Wildman–Crippen MR) is 85.6 cm³/mol. The Hall–Kier alpha value is -2.14. The molecule has 0 spiro atoms. The van der Waals surface area contributed by atoms with E-state index < -0.39 is 0 Å². The number of nitrogens with one attached hydrogen (secondary N) is 1. The molecule has 0 saturated carbocycles. The fourth-order valence-electron chi connectivity index (χ4n) is 2.32. The van der Waals surface area contributed by atoms with Crippen LogP contribution in [0.2, 0.25) is 0 Å². The van der Waals surface area contributed by atoms with Gasteiger partial charge in [-0.2, -0.15) is 0 Å². The second-order valence-electron chi connectivity index (χ2n) is 5.81. The molecule has 5 nitrogen and oxygen atoms in total. The number of aromatic nitrogens is 1. The van der Waals surface area contributed by atoms with Crippen LogP contribution in [0.5, 0.6) is 0 Å². The molecule has 1 atom stereocenters. The lowest BCUT2D eigenvalue weighted by Crippen LogP contribution is -2.35. The Morgan fingerprint density at radius 1 is 1.27 bits per heavy atom. The highest BCUT2D eigenvalue weighted by Gasteiger charge is 2.16. The summed E-state index contributed by atoms with van der Waals surface area (Å²) in [4.78, 5) is 14.1. The summed E-state index contributed by atoms with van der Waals surface area (Å²) in [5.74, 6) is 0.529. The molecule has 0 aliphatic rings. The van der Waals surface area contributed by atoms with Crippen molar-refractivity contribution in [3.63, 3.8) is 0 Å². The molecule has 1 heterocycles. The van der Waals surface area contributed by atoms with Gasteiger partial charge in [-0.25, -0.2) is 0 Å². The molecule has 5 heteroatoms. The van der Waals surface area contributed by atoms with E-state index in [0.717, 1.165) is 5.69 Å². The number of likely N-dealkylation sites (N-methyl/N-ethyl adjacent to an activating group) is 1. The van der Waals surface area contributed by atoms with Crippen molar-refractivity contribution in [3.8, 4) is 0 Å². The zero-order valence-electron chi connectivity index (χ0n) is 13.6. The predicted octanol–water partition coefficient (Wildman–Crippen LogP) is 2.25. The molecule has 1 amide bonds. The monoisotopic (exact) mass is 301 g/mol. The van der Waals surface area contributed by atoms with Crippen molar-refractivity contribution >= 4 is 5.91 Å². The first kappa shape index (κ1) is 16.2. The van der Waals surface area contributed by atoms with Gasteiger partial charge in [0.2, 0.25) is 5.91 Å². The number of hydrogen-bond acceptors (Lipinski definition) is 4. The third kappa shape index (κ3) is 4.43. The molecule has 0 aliphatic carbocycles. The summed E-state index contributed by atoms with van der Waals surface area (Å²) >= 11 is 0. The molecule has 1 unspecified atom stereocenters. The highest BCUT2D eigenvalue weighted by atomic mass is 16.5. The second kappa shape index (κ2) is 7.22. The van der Waals surface area contributed by atoms with Gasteiger partial charge in [0.05, 0.1) is 18.2 Å². The number of carbonyl (C=O) groups is 1. The Labute approximate surface area is 131 Å². The molecule has 118 valence electrons. The Morgan fingerprint density at radius 3 is 2.50 bits per heavy atom. The lowest BCUT2D eigenvalue weighted by molar-refractivity contribution is -0.120. The zero-order chi connectivity index (χ0) is 16.1. The first-order valence-electron chi connectivity index (χ1n) is 7.37. The molecule has 0 aliphatic heterocycles. The third-order valence-electron chi connectivity index (χ3n) is 3.59. The average molecular weight is 301 g/mol. The number of hydrogen-bond donors (Lipinski definition) is 1. The lowest BCUT2D eigenvalue weighted by Gasteiger charge is -2.25. The largest absolute Gasteiger partial charge is 0.361 e. The van der Waals surface area contributed by atoms with Crippen molar-refractivity contribution in [2.75, 3.05) is 20.6 Å². The van der Waals surface area contributed by atoms with E-state index in [2.05, 4.69) is 46.6 Å². The quantitative estimate of drug-likeness (QED) is 0.889. The fraction of sp³-hybridized carbons (Fsp3) is 0.412. The third-order valence-corrected chi connectivity index (χ3v) is 3.59. The zero-order valence-corrected chi connectivity index (χ0v) is 13.6. The minimum absolute atomic E-state index is 0.0601. The Balaban J connectivity index is 1.94. The standard InChI is InChI=1S/C17H23N3O2/c1-12-5-7-14(8-6-12)16(20(3)4)11-18-17(21)10-15-9-13(2)19-22-15/h5-9,16H,10-11H2,1-4H3,(H,18,21). The SMILES string of the molecule is Cc1ccc(C(CNC(=O)Cc2cc(C)no2)N(C)C)cc1. The molecule has 0 bridgehead atoms. The van der Waals surface area contributed by atoms with E-state index in [-0.39, 0.29) is 18.4 Å². The molecule has 1 aromatic carbocycles. The van der Waals surface area contributed by atoms with Crippen molar-refractivity contribution in [2.45, 2.75) is 26.3 Å². The maximum Gasteiger partial charge on any atom is 0.227 e. The summed E-state index contributed by atoms with van der Waals surface area (Å²) in [7, 11) is 4.02. The molecule has 1 aromatic heterocycles. The normalized spacial score (nSPS) is 12.4. The van der Waals surface area contributed by atoms with Gasteiger partial charge in [0, 0.05) is 12.6 Å². The summed E-state index contributed by atoms with van der Waals surface area (Å²) < 4.78 is 5.07. The van der Waals surface area contributed by atoms with Crippen molar-refractivity contribution in [2.24, 2.45) is 0 Å². The second-order valence-corrected chi connectivity index (χ2v) is 5.81. The van der Waals surface area contributed by atoms with Crippen molar-refractivity contribution in [3.05, 3.63) is 52.9 Å². The molecule has 2 aromatic rings. The summed E-state index contributed by atoms with van der Waals surface area (Å²) in [6.45, 7) is 4.46. The molecule has 0 fully saturated rings. The topological polar surface area (TPSA) is 58.4 Å². The molecular formula is C17H23N3O2. The number of rotatable bonds is 6. The maximum atomic E-state index is 12.0. The van der Waals surface area contributed by atoms with E-state index >= 15 is 0 Å². The average Bonchev–Trinajstić information content (AvgIpc) is 2.86. The van der Waals surface area contributed by atoms with Crippen LogP contribution < -0.4 is 5.32 Å². The van der Waals surface area contributed by atoms with Crippen molar-refractivity contribution in [1.82, 2.24) is 15.4 Å². The van der Waals surface area contributed by atoms with E-state index in [1.54, 1.807) is 6.07 Å². The molecule has 0 radical (unpaired) electrons. The molecule has 1 N–H and O–H groups in total. The summed E-state index contributed by atoms with van der Waals surface area (Å²) in [6, 6.07) is 10.3. The van der Waals surface area contributed by atoms with E-state index in [0.29, 0.717) is 12.3 Å². The van der Waals surface area contributed by atoms with Crippen LogP contribution in [0.25, 0.3) is 0 Å². The lowest BCUT2D eigenvalue weighted by atomic mass is 10.0. The first-order chi connectivity index (χ1) is 10.5. The minimum Gasteiger partial charge on any atom is -0.361 e. The molecule has 2 rings (SSSR count). The van der Waals surface area contributed by atoms with Gasteiger partial charge in [-0.15, -0.1) is 0 Å².